The molecule has 7 heteroatoms. The van der Waals surface area contributed by atoms with E-state index in [4.69, 9.17) is 11.6 Å². The molecule has 0 radical (unpaired) electrons. The molecular formula is C12H15ClN2O3S. The second-order valence-corrected chi connectivity index (χ2v) is 5.49. The van der Waals surface area contributed by atoms with Gasteiger partial charge in [0.1, 0.15) is 5.56 Å². The number of hydrogen-bond donors (Lipinski definition) is 0. The number of carbonyl (C=O) groups excluding carboxylic acids is 1. The van der Waals surface area contributed by atoms with Crippen LogP contribution in [0.5, 0.6) is 0 Å². The summed E-state index contributed by atoms with van der Waals surface area (Å²) in [6.07, 6.45) is 1.94. The van der Waals surface area contributed by atoms with Gasteiger partial charge in [-0.3, -0.25) is 14.9 Å². The summed E-state index contributed by atoms with van der Waals surface area (Å²) in [7, 11) is 1.63. The first-order chi connectivity index (χ1) is 8.88. The molecule has 0 aliphatic heterocycles. The highest BCUT2D eigenvalue weighted by Gasteiger charge is 2.25. The summed E-state index contributed by atoms with van der Waals surface area (Å²) in [5.74, 6) is 0.368. The number of rotatable bonds is 5. The maximum atomic E-state index is 12.3. The molecule has 0 heterocycles. The molecule has 0 spiro atoms. The van der Waals surface area contributed by atoms with E-state index in [-0.39, 0.29) is 17.3 Å². The molecule has 1 unspecified atom stereocenters. The number of benzene rings is 1. The van der Waals surface area contributed by atoms with Gasteiger partial charge in [0.15, 0.2) is 0 Å². The van der Waals surface area contributed by atoms with E-state index in [0.717, 1.165) is 5.75 Å². The Balaban J connectivity index is 3.11. The molecule has 0 bridgehead atoms. The Labute approximate surface area is 121 Å². The van der Waals surface area contributed by atoms with Crippen LogP contribution in [0.3, 0.4) is 0 Å². The Morgan fingerprint density at radius 2 is 2.21 bits per heavy atom. The first-order valence-electron chi connectivity index (χ1n) is 5.58. The molecule has 1 rings (SSSR count). The van der Waals surface area contributed by atoms with Crippen molar-refractivity contribution in [3.63, 3.8) is 0 Å². The predicted octanol–water partition coefficient (Wildman–Crippen LogP) is 3.07. The van der Waals surface area contributed by atoms with Gasteiger partial charge < -0.3 is 4.90 Å². The topological polar surface area (TPSA) is 63.5 Å². The first-order valence-corrected chi connectivity index (χ1v) is 7.35. The zero-order chi connectivity index (χ0) is 14.6. The Morgan fingerprint density at radius 1 is 1.58 bits per heavy atom. The van der Waals surface area contributed by atoms with Gasteiger partial charge in [-0.1, -0.05) is 11.6 Å². The van der Waals surface area contributed by atoms with Crippen LogP contribution in [0.15, 0.2) is 18.2 Å². The number of amides is 1. The summed E-state index contributed by atoms with van der Waals surface area (Å²) in [5.41, 5.74) is -0.203. The number of nitro benzene ring substituents is 1. The van der Waals surface area contributed by atoms with Gasteiger partial charge in [-0.2, -0.15) is 11.8 Å². The zero-order valence-electron chi connectivity index (χ0n) is 10.9. The largest absolute Gasteiger partial charge is 0.338 e. The molecule has 1 atom stereocenters. The van der Waals surface area contributed by atoms with Crippen molar-refractivity contribution in [1.82, 2.24) is 4.90 Å². The summed E-state index contributed by atoms with van der Waals surface area (Å²) < 4.78 is 0. The lowest BCUT2D eigenvalue weighted by Gasteiger charge is -2.24. The van der Waals surface area contributed by atoms with Gasteiger partial charge in [0.25, 0.3) is 11.6 Å². The molecule has 0 fully saturated rings. The first kappa shape index (κ1) is 15.8. The Hall–Kier alpha value is -1.27. The van der Waals surface area contributed by atoms with Crippen LogP contribution in [0.2, 0.25) is 5.02 Å². The number of thioether (sulfide) groups is 1. The van der Waals surface area contributed by atoms with Crippen molar-refractivity contribution in [3.8, 4) is 0 Å². The Morgan fingerprint density at radius 3 is 2.74 bits per heavy atom. The number of carbonyl (C=O) groups is 1. The van der Waals surface area contributed by atoms with Gasteiger partial charge in [-0.05, 0) is 25.3 Å². The van der Waals surface area contributed by atoms with Crippen molar-refractivity contribution in [2.45, 2.75) is 13.0 Å². The molecule has 0 saturated heterocycles. The Kier molecular flexibility index (Phi) is 5.62. The molecule has 1 aromatic carbocycles. The third kappa shape index (κ3) is 3.84. The number of hydrogen-bond acceptors (Lipinski definition) is 4. The molecule has 19 heavy (non-hydrogen) atoms. The Bertz CT molecular complexity index is 496. The van der Waals surface area contributed by atoms with E-state index in [1.807, 2.05) is 13.2 Å². The molecule has 1 amide bonds. The molecule has 0 saturated carbocycles. The van der Waals surface area contributed by atoms with Gasteiger partial charge >= 0.3 is 0 Å². The fourth-order valence-corrected chi connectivity index (χ4v) is 2.46. The normalized spacial score (nSPS) is 12.0. The predicted molar refractivity (Wildman–Crippen MR) is 78.0 cm³/mol. The van der Waals surface area contributed by atoms with Gasteiger partial charge in [-0.25, -0.2) is 0 Å². The minimum atomic E-state index is -0.573. The smallest absolute Gasteiger partial charge is 0.282 e. The minimum absolute atomic E-state index is 0.0129. The summed E-state index contributed by atoms with van der Waals surface area (Å²) >= 11 is 7.42. The molecule has 0 aliphatic carbocycles. The van der Waals surface area contributed by atoms with Crippen LogP contribution in [0, 0.1) is 10.1 Å². The van der Waals surface area contributed by atoms with E-state index < -0.39 is 10.8 Å². The molecule has 0 aliphatic rings. The molecule has 0 N–H and O–H groups in total. The van der Waals surface area contributed by atoms with Crippen LogP contribution in [-0.2, 0) is 0 Å². The summed E-state index contributed by atoms with van der Waals surface area (Å²) in [5, 5.41) is 11.2. The molecule has 0 aromatic heterocycles. The third-order valence-corrected chi connectivity index (χ3v) is 3.83. The zero-order valence-corrected chi connectivity index (χ0v) is 12.5. The van der Waals surface area contributed by atoms with Crippen molar-refractivity contribution in [2.24, 2.45) is 0 Å². The minimum Gasteiger partial charge on any atom is -0.338 e. The van der Waals surface area contributed by atoms with Crippen LogP contribution >= 0.6 is 23.4 Å². The molecular weight excluding hydrogens is 288 g/mol. The maximum absolute atomic E-state index is 12.3. The number of nitro groups is 1. The van der Waals surface area contributed by atoms with Gasteiger partial charge in [0, 0.05) is 29.9 Å². The van der Waals surface area contributed by atoms with Crippen LogP contribution < -0.4 is 0 Å². The highest BCUT2D eigenvalue weighted by molar-refractivity contribution is 7.98. The fraction of sp³-hybridized carbons (Fsp3) is 0.417. The lowest BCUT2D eigenvalue weighted by Crippen LogP contribution is -2.36. The van der Waals surface area contributed by atoms with Gasteiger partial charge in [-0.15, -0.1) is 0 Å². The van der Waals surface area contributed by atoms with Crippen LogP contribution in [0.1, 0.15) is 17.3 Å². The second-order valence-electron chi connectivity index (χ2n) is 4.14. The maximum Gasteiger partial charge on any atom is 0.282 e. The fourth-order valence-electron chi connectivity index (χ4n) is 1.58. The summed E-state index contributed by atoms with van der Waals surface area (Å²) in [6.45, 7) is 1.89. The summed E-state index contributed by atoms with van der Waals surface area (Å²) in [4.78, 5) is 24.2. The van der Waals surface area contributed by atoms with Crippen molar-refractivity contribution >= 4 is 35.0 Å². The van der Waals surface area contributed by atoms with E-state index in [9.17, 15) is 14.9 Å². The van der Waals surface area contributed by atoms with Crippen LogP contribution in [0.4, 0.5) is 5.69 Å². The lowest BCUT2D eigenvalue weighted by atomic mass is 10.1. The SMILES string of the molecule is CSCC(C)N(C)C(=O)c1cc(Cl)ccc1[N+](=O)[O-]. The van der Waals surface area contributed by atoms with Gasteiger partial charge in [0.2, 0.25) is 0 Å². The second kappa shape index (κ2) is 6.77. The van der Waals surface area contributed by atoms with Crippen LogP contribution in [-0.4, -0.2) is 40.8 Å². The van der Waals surface area contributed by atoms with E-state index in [1.54, 1.807) is 18.8 Å². The quantitative estimate of drug-likeness (QED) is 0.619. The standard InChI is InChI=1S/C12H15ClN2O3S/c1-8(7-19-3)14(2)12(16)10-6-9(13)4-5-11(10)15(17)18/h4-6,8H,7H2,1-3H3. The van der Waals surface area contributed by atoms with E-state index in [1.165, 1.54) is 23.1 Å². The average Bonchev–Trinajstić information content (AvgIpc) is 2.36. The van der Waals surface area contributed by atoms with E-state index >= 15 is 0 Å². The van der Waals surface area contributed by atoms with Crippen molar-refractivity contribution < 1.29 is 9.72 Å². The molecule has 104 valence electrons. The van der Waals surface area contributed by atoms with Crippen LogP contribution in [0.25, 0.3) is 0 Å². The third-order valence-electron chi connectivity index (χ3n) is 2.78. The van der Waals surface area contributed by atoms with Gasteiger partial charge in [0.05, 0.1) is 4.92 Å². The molecule has 1 aromatic rings. The number of nitrogens with zero attached hydrogens (tertiary/aromatic N) is 2. The monoisotopic (exact) mass is 302 g/mol. The van der Waals surface area contributed by atoms with E-state index in [0.29, 0.717) is 5.02 Å². The lowest BCUT2D eigenvalue weighted by molar-refractivity contribution is -0.385. The summed E-state index contributed by atoms with van der Waals surface area (Å²) in [6, 6.07) is 3.98. The van der Waals surface area contributed by atoms with Crippen molar-refractivity contribution in [2.75, 3.05) is 19.1 Å². The van der Waals surface area contributed by atoms with E-state index in [2.05, 4.69) is 0 Å². The van der Waals surface area contributed by atoms with Crippen molar-refractivity contribution in [3.05, 3.63) is 38.9 Å². The highest BCUT2D eigenvalue weighted by atomic mass is 35.5. The molecule has 5 nitrogen and oxygen atoms in total. The van der Waals surface area contributed by atoms with Crippen molar-refractivity contribution in [1.29, 1.82) is 0 Å². The average molecular weight is 303 g/mol. The highest BCUT2D eigenvalue weighted by Crippen LogP contribution is 2.24. The number of halogens is 1.